The Morgan fingerprint density at radius 2 is 1.97 bits per heavy atom. The van der Waals surface area contributed by atoms with Crippen LogP contribution < -0.4 is 14.8 Å². The first-order chi connectivity index (χ1) is 14.6. The molecule has 0 saturated carbocycles. The largest absolute Gasteiger partial charge is 0.465 e. The monoisotopic (exact) mass is 427 g/mol. The van der Waals surface area contributed by atoms with Crippen molar-refractivity contribution in [2.24, 2.45) is 0 Å². The summed E-state index contributed by atoms with van der Waals surface area (Å²) in [5, 5.41) is 14.9. The van der Waals surface area contributed by atoms with E-state index in [0.717, 1.165) is 5.56 Å². The number of aromatic nitrogens is 4. The molecule has 2 aromatic carbocycles. The summed E-state index contributed by atoms with van der Waals surface area (Å²) in [5.41, 5.74) is 2.00. The number of hydrogen-bond acceptors (Lipinski definition) is 9. The lowest BCUT2D eigenvalue weighted by Gasteiger charge is -2.07. The molecule has 0 aliphatic carbocycles. The highest BCUT2D eigenvalue weighted by atomic mass is 32.2. The molecule has 3 aromatic rings. The van der Waals surface area contributed by atoms with Gasteiger partial charge < -0.3 is 19.5 Å². The summed E-state index contributed by atoms with van der Waals surface area (Å²) in [6, 6.07) is 12.2. The van der Waals surface area contributed by atoms with Crippen LogP contribution in [0.15, 0.2) is 47.6 Å². The van der Waals surface area contributed by atoms with Crippen LogP contribution in [0.4, 0.5) is 0 Å². The minimum atomic E-state index is -0.424. The Morgan fingerprint density at radius 3 is 2.77 bits per heavy atom. The quantitative estimate of drug-likeness (QED) is 0.443. The van der Waals surface area contributed by atoms with E-state index in [-0.39, 0.29) is 18.5 Å². The molecular formula is C19H17N5O5S. The lowest BCUT2D eigenvalue weighted by atomic mass is 10.2. The van der Waals surface area contributed by atoms with Gasteiger partial charge in [0.1, 0.15) is 0 Å². The fourth-order valence-corrected chi connectivity index (χ4v) is 3.44. The highest BCUT2D eigenvalue weighted by Gasteiger charge is 2.15. The van der Waals surface area contributed by atoms with E-state index in [2.05, 4.69) is 25.6 Å². The molecule has 0 atom stereocenters. The first-order valence-corrected chi connectivity index (χ1v) is 9.88. The van der Waals surface area contributed by atoms with E-state index < -0.39 is 5.97 Å². The number of amides is 1. The van der Waals surface area contributed by atoms with Crippen LogP contribution in [-0.2, 0) is 16.1 Å². The van der Waals surface area contributed by atoms with Gasteiger partial charge in [0.15, 0.2) is 11.5 Å². The van der Waals surface area contributed by atoms with Crippen LogP contribution >= 0.6 is 11.8 Å². The lowest BCUT2D eigenvalue weighted by molar-refractivity contribution is -0.118. The number of ether oxygens (including phenoxy) is 3. The van der Waals surface area contributed by atoms with Gasteiger partial charge in [-0.2, -0.15) is 4.68 Å². The summed E-state index contributed by atoms with van der Waals surface area (Å²) in [7, 11) is 1.32. The summed E-state index contributed by atoms with van der Waals surface area (Å²) < 4.78 is 16.8. The minimum Gasteiger partial charge on any atom is -0.465 e. The summed E-state index contributed by atoms with van der Waals surface area (Å²) in [6.07, 6.45) is 0. The van der Waals surface area contributed by atoms with Crippen molar-refractivity contribution in [3.05, 3.63) is 53.6 Å². The van der Waals surface area contributed by atoms with E-state index in [1.165, 1.54) is 23.6 Å². The zero-order chi connectivity index (χ0) is 20.9. The number of benzene rings is 2. The maximum absolute atomic E-state index is 12.2. The molecule has 1 aliphatic heterocycles. The van der Waals surface area contributed by atoms with Gasteiger partial charge in [-0.05, 0) is 52.4 Å². The Labute approximate surface area is 175 Å². The summed E-state index contributed by atoms with van der Waals surface area (Å²) in [6.45, 7) is 0.581. The fraction of sp³-hybridized carbons (Fsp3) is 0.211. The predicted octanol–water partition coefficient (Wildman–Crippen LogP) is 1.59. The van der Waals surface area contributed by atoms with Crippen LogP contribution in [-0.4, -0.2) is 51.7 Å². The molecule has 154 valence electrons. The summed E-state index contributed by atoms with van der Waals surface area (Å²) in [5.74, 6) is 0.936. The second kappa shape index (κ2) is 8.82. The molecule has 1 amide bonds. The standard InChI is InChI=1S/C19H17N5O5S/c1-27-18(26)13-3-5-14(6-4-13)24-19(21-22-23-24)30-10-17(25)20-9-12-2-7-15-16(8-12)29-11-28-15/h2-8H,9-11H2,1H3,(H,20,25). The highest BCUT2D eigenvalue weighted by molar-refractivity contribution is 7.99. The van der Waals surface area contributed by atoms with Gasteiger partial charge in [0.25, 0.3) is 0 Å². The molecule has 30 heavy (non-hydrogen) atoms. The van der Waals surface area contributed by atoms with Gasteiger partial charge in [0.05, 0.1) is 24.1 Å². The number of carbonyl (C=O) groups excluding carboxylic acids is 2. The molecule has 0 bridgehead atoms. The number of methoxy groups -OCH3 is 1. The number of hydrogen-bond donors (Lipinski definition) is 1. The van der Waals surface area contributed by atoms with Gasteiger partial charge in [-0.15, -0.1) is 5.10 Å². The molecule has 2 heterocycles. The molecule has 0 fully saturated rings. The van der Waals surface area contributed by atoms with E-state index in [9.17, 15) is 9.59 Å². The van der Waals surface area contributed by atoms with E-state index in [1.807, 2.05) is 18.2 Å². The number of rotatable bonds is 7. The smallest absolute Gasteiger partial charge is 0.337 e. The van der Waals surface area contributed by atoms with Crippen LogP contribution in [0.25, 0.3) is 5.69 Å². The Morgan fingerprint density at radius 1 is 1.17 bits per heavy atom. The normalized spacial score (nSPS) is 11.9. The van der Waals surface area contributed by atoms with Crippen LogP contribution in [0.2, 0.25) is 0 Å². The van der Waals surface area contributed by atoms with Gasteiger partial charge in [0, 0.05) is 6.54 Å². The zero-order valence-corrected chi connectivity index (χ0v) is 16.7. The average molecular weight is 427 g/mol. The van der Waals surface area contributed by atoms with Crippen molar-refractivity contribution < 1.29 is 23.8 Å². The van der Waals surface area contributed by atoms with Crippen molar-refractivity contribution in [1.29, 1.82) is 0 Å². The van der Waals surface area contributed by atoms with Crippen molar-refractivity contribution in [2.75, 3.05) is 19.7 Å². The highest BCUT2D eigenvalue weighted by Crippen LogP contribution is 2.32. The van der Waals surface area contributed by atoms with Gasteiger partial charge in [-0.25, -0.2) is 4.79 Å². The second-order valence-electron chi connectivity index (χ2n) is 6.16. The average Bonchev–Trinajstić information content (AvgIpc) is 3.44. The zero-order valence-electron chi connectivity index (χ0n) is 15.9. The van der Waals surface area contributed by atoms with Crippen molar-refractivity contribution in [3.8, 4) is 17.2 Å². The summed E-state index contributed by atoms with van der Waals surface area (Å²) >= 11 is 1.21. The Bertz CT molecular complexity index is 1070. The molecule has 11 heteroatoms. The number of tetrazole rings is 1. The number of esters is 1. The Hall–Kier alpha value is -3.60. The minimum absolute atomic E-state index is 0.144. The van der Waals surface area contributed by atoms with Crippen LogP contribution in [0.3, 0.4) is 0 Å². The molecule has 0 radical (unpaired) electrons. The SMILES string of the molecule is COC(=O)c1ccc(-n2nnnc2SCC(=O)NCc2ccc3c(c2)OCO3)cc1. The molecular weight excluding hydrogens is 410 g/mol. The van der Waals surface area contributed by atoms with Gasteiger partial charge in [0.2, 0.25) is 17.9 Å². The Kier molecular flexibility index (Phi) is 5.80. The molecule has 1 N–H and O–H groups in total. The Balaban J connectivity index is 1.33. The van der Waals surface area contributed by atoms with Crippen molar-refractivity contribution in [3.63, 3.8) is 0 Å². The fourth-order valence-electron chi connectivity index (χ4n) is 2.72. The van der Waals surface area contributed by atoms with E-state index >= 15 is 0 Å². The van der Waals surface area contributed by atoms with Crippen molar-refractivity contribution >= 4 is 23.6 Å². The third-order valence-electron chi connectivity index (χ3n) is 4.23. The molecule has 1 aromatic heterocycles. The number of carbonyl (C=O) groups is 2. The third kappa shape index (κ3) is 4.35. The van der Waals surface area contributed by atoms with E-state index in [0.29, 0.717) is 34.5 Å². The lowest BCUT2D eigenvalue weighted by Crippen LogP contribution is -2.24. The number of nitrogens with zero attached hydrogens (tertiary/aromatic N) is 4. The maximum atomic E-state index is 12.2. The molecule has 0 saturated heterocycles. The van der Waals surface area contributed by atoms with Crippen LogP contribution in [0.5, 0.6) is 11.5 Å². The van der Waals surface area contributed by atoms with Crippen LogP contribution in [0.1, 0.15) is 15.9 Å². The topological polar surface area (TPSA) is 117 Å². The first-order valence-electron chi connectivity index (χ1n) is 8.89. The number of thioether (sulfide) groups is 1. The van der Waals surface area contributed by atoms with Gasteiger partial charge in [-0.1, -0.05) is 17.8 Å². The van der Waals surface area contributed by atoms with Gasteiger partial charge in [-0.3, -0.25) is 4.79 Å². The maximum Gasteiger partial charge on any atom is 0.337 e. The second-order valence-corrected chi connectivity index (χ2v) is 7.11. The molecule has 0 unspecified atom stereocenters. The number of nitrogens with one attached hydrogen (secondary N) is 1. The molecule has 10 nitrogen and oxygen atoms in total. The number of fused-ring (bicyclic) bond motifs is 1. The van der Waals surface area contributed by atoms with Crippen LogP contribution in [0, 0.1) is 0 Å². The van der Waals surface area contributed by atoms with E-state index in [1.54, 1.807) is 24.3 Å². The first kappa shape index (κ1) is 19.7. The van der Waals surface area contributed by atoms with Crippen molar-refractivity contribution in [2.45, 2.75) is 11.7 Å². The van der Waals surface area contributed by atoms with Gasteiger partial charge >= 0.3 is 5.97 Å². The molecule has 4 rings (SSSR count). The third-order valence-corrected chi connectivity index (χ3v) is 5.15. The molecule has 0 spiro atoms. The van der Waals surface area contributed by atoms with E-state index in [4.69, 9.17) is 9.47 Å². The summed E-state index contributed by atoms with van der Waals surface area (Å²) in [4.78, 5) is 23.8. The molecule has 1 aliphatic rings. The predicted molar refractivity (Wildman–Crippen MR) is 106 cm³/mol. The van der Waals surface area contributed by atoms with Crippen molar-refractivity contribution in [1.82, 2.24) is 25.5 Å².